The molecule has 3 unspecified atom stereocenters. The van der Waals surface area contributed by atoms with E-state index in [1.807, 2.05) is 13.0 Å². The summed E-state index contributed by atoms with van der Waals surface area (Å²) >= 11 is 0. The van der Waals surface area contributed by atoms with Crippen molar-refractivity contribution < 1.29 is 13.9 Å². The van der Waals surface area contributed by atoms with Crippen LogP contribution in [0.25, 0.3) is 5.78 Å². The molecule has 1 amide bonds. The highest BCUT2D eigenvalue weighted by Crippen LogP contribution is 2.39. The van der Waals surface area contributed by atoms with Crippen molar-refractivity contribution in [2.45, 2.75) is 18.2 Å². The molecule has 0 aliphatic carbocycles. The number of amides is 1. The zero-order valence-corrected chi connectivity index (χ0v) is 17.6. The van der Waals surface area contributed by atoms with Gasteiger partial charge in [0.2, 0.25) is 0 Å². The topological polar surface area (TPSA) is 72.6 Å². The lowest BCUT2D eigenvalue weighted by atomic mass is 10.1. The van der Waals surface area contributed by atoms with Gasteiger partial charge < -0.3 is 9.64 Å². The molecule has 0 saturated carbocycles. The van der Waals surface area contributed by atoms with Crippen LogP contribution in [0, 0.1) is 6.92 Å². The van der Waals surface area contributed by atoms with Crippen molar-refractivity contribution in [3.05, 3.63) is 59.2 Å². The number of fused-ring (bicyclic) bond motifs is 1. The van der Waals surface area contributed by atoms with Gasteiger partial charge >= 0.3 is 0 Å². The average Bonchev–Trinajstić information content (AvgIpc) is 3.14. The molecule has 1 aromatic carbocycles. The molecule has 0 bridgehead atoms. The van der Waals surface area contributed by atoms with Crippen molar-refractivity contribution in [3.63, 3.8) is 0 Å². The van der Waals surface area contributed by atoms with E-state index in [0.717, 1.165) is 11.4 Å². The van der Waals surface area contributed by atoms with E-state index in [1.54, 1.807) is 33.7 Å². The number of carbonyl (C=O) groups is 1. The average molecular weight is 419 g/mol. The second-order valence-electron chi connectivity index (χ2n) is 6.75. The zero-order chi connectivity index (χ0) is 19.9. The normalized spacial score (nSPS) is 17.9. The van der Waals surface area contributed by atoms with Gasteiger partial charge in [0.1, 0.15) is 12.4 Å². The Balaban J connectivity index is 1.56. The molecule has 28 heavy (non-hydrogen) atoms. The molecule has 1 fully saturated rings. The first-order valence-corrected chi connectivity index (χ1v) is 9.94. The molecule has 0 N–H and O–H groups in total. The summed E-state index contributed by atoms with van der Waals surface area (Å²) < 4.78 is 21.5. The number of hydrogen-bond acceptors (Lipinski definition) is 5. The number of halogens is 1. The molecule has 10 heteroatoms. The van der Waals surface area contributed by atoms with Crippen molar-refractivity contribution >= 4 is 30.2 Å². The Morgan fingerprint density at radius 2 is 2.07 bits per heavy atom. The number of benzene rings is 1. The highest BCUT2D eigenvalue weighted by Gasteiger charge is 2.29. The van der Waals surface area contributed by atoms with Crippen LogP contribution in [0.5, 0.6) is 0 Å². The molecule has 3 atom stereocenters. The summed E-state index contributed by atoms with van der Waals surface area (Å²) in [6.45, 7) is 3.17. The van der Waals surface area contributed by atoms with E-state index in [1.165, 1.54) is 6.33 Å². The van der Waals surface area contributed by atoms with Crippen molar-refractivity contribution in [1.29, 1.82) is 0 Å². The Morgan fingerprint density at radius 1 is 1.32 bits per heavy atom. The number of morpholine rings is 1. The Labute approximate surface area is 166 Å². The van der Waals surface area contributed by atoms with Crippen LogP contribution in [0.15, 0.2) is 36.7 Å². The second-order valence-corrected chi connectivity index (χ2v) is 9.10. The van der Waals surface area contributed by atoms with Crippen LogP contribution >= 0.6 is 18.5 Å². The number of alkyl halides is 1. The first kappa shape index (κ1) is 19.3. The fourth-order valence-electron chi connectivity index (χ4n) is 3.25. The minimum absolute atomic E-state index is 0.113. The second kappa shape index (κ2) is 7.43. The minimum Gasteiger partial charge on any atom is -0.368 e. The molecular formula is C18H20FN5O2P2. The largest absolute Gasteiger partial charge is 0.368 e. The van der Waals surface area contributed by atoms with E-state index in [4.69, 9.17) is 4.74 Å². The Hall–Kier alpha value is -2.01. The fourth-order valence-corrected chi connectivity index (χ4v) is 3.64. The molecule has 146 valence electrons. The van der Waals surface area contributed by atoms with Crippen LogP contribution < -0.4 is 0 Å². The molecule has 3 aromatic rings. The van der Waals surface area contributed by atoms with E-state index >= 15 is 0 Å². The summed E-state index contributed by atoms with van der Waals surface area (Å²) in [5.41, 5.74) is 2.60. The lowest BCUT2D eigenvalue weighted by Gasteiger charge is -2.33. The lowest BCUT2D eigenvalue weighted by molar-refractivity contribution is -0.0257. The van der Waals surface area contributed by atoms with Gasteiger partial charge in [-0.05, 0) is 30.7 Å². The van der Waals surface area contributed by atoms with Gasteiger partial charge in [0, 0.05) is 17.8 Å². The standard InChI is InChI=1S/C18H20FN5O2P2/c1-11-8-14(24-17(22-11)20-10-21-24)15-9-23(6-7-26-15)16(25)12-2-4-13(5-3-12)18(19,27)28/h2-5,8,10,15H,6-7,9,27-28H2,1H3. The quantitative estimate of drug-likeness (QED) is 0.610. The molecule has 0 spiro atoms. The van der Waals surface area contributed by atoms with Gasteiger partial charge in [-0.15, -0.1) is 0 Å². The van der Waals surface area contributed by atoms with Crippen LogP contribution in [0.4, 0.5) is 4.39 Å². The van der Waals surface area contributed by atoms with Crippen molar-refractivity contribution in [2.24, 2.45) is 0 Å². The van der Waals surface area contributed by atoms with Crippen molar-refractivity contribution in [2.75, 3.05) is 19.7 Å². The van der Waals surface area contributed by atoms with Gasteiger partial charge in [-0.3, -0.25) is 4.79 Å². The maximum absolute atomic E-state index is 14.0. The molecule has 2 aromatic heterocycles. The zero-order valence-electron chi connectivity index (χ0n) is 15.2. The molecule has 0 radical (unpaired) electrons. The number of hydrogen-bond donors (Lipinski definition) is 0. The maximum Gasteiger partial charge on any atom is 0.254 e. The molecule has 7 nitrogen and oxygen atoms in total. The van der Waals surface area contributed by atoms with Crippen molar-refractivity contribution in [1.82, 2.24) is 24.5 Å². The first-order chi connectivity index (χ1) is 13.3. The van der Waals surface area contributed by atoms with E-state index in [-0.39, 0.29) is 12.0 Å². The molecule has 1 aliphatic heterocycles. The molecule has 1 saturated heterocycles. The van der Waals surface area contributed by atoms with Crippen LogP contribution in [0.2, 0.25) is 0 Å². The first-order valence-electron chi connectivity index (χ1n) is 8.78. The predicted octanol–water partition coefficient (Wildman–Crippen LogP) is 2.48. The number of aromatic nitrogens is 4. The van der Waals surface area contributed by atoms with Crippen LogP contribution in [-0.4, -0.2) is 50.1 Å². The van der Waals surface area contributed by atoms with Crippen LogP contribution in [0.1, 0.15) is 33.4 Å². The summed E-state index contributed by atoms with van der Waals surface area (Å²) in [5, 5.41) is 2.61. The van der Waals surface area contributed by atoms with Gasteiger partial charge in [-0.25, -0.2) is 9.37 Å². The smallest absolute Gasteiger partial charge is 0.254 e. The number of nitrogens with zero attached hydrogens (tertiary/aromatic N) is 5. The number of ether oxygens (including phenoxy) is 1. The maximum atomic E-state index is 14.0. The van der Waals surface area contributed by atoms with Crippen LogP contribution in [-0.2, 0) is 9.89 Å². The highest BCUT2D eigenvalue weighted by atomic mass is 31.1. The van der Waals surface area contributed by atoms with E-state index in [9.17, 15) is 9.18 Å². The highest BCUT2D eigenvalue weighted by molar-refractivity contribution is 7.38. The van der Waals surface area contributed by atoms with Crippen molar-refractivity contribution in [3.8, 4) is 0 Å². The summed E-state index contributed by atoms with van der Waals surface area (Å²) in [4.78, 5) is 23.2. The minimum atomic E-state index is -1.60. The van der Waals surface area contributed by atoms with Gasteiger partial charge in [0.25, 0.3) is 11.7 Å². The van der Waals surface area contributed by atoms with E-state index < -0.39 is 5.15 Å². The lowest BCUT2D eigenvalue weighted by Crippen LogP contribution is -2.42. The fraction of sp³-hybridized carbons (Fsp3) is 0.333. The SMILES string of the molecule is Cc1cc(C2CN(C(=O)c3ccc(C(F)(P)P)cc3)CCO2)n2ncnc2n1. The summed E-state index contributed by atoms with van der Waals surface area (Å²) in [6, 6.07) is 8.44. The Kier molecular flexibility index (Phi) is 5.13. The third-order valence-corrected chi connectivity index (χ3v) is 5.33. The Bertz CT molecular complexity index is 1020. The summed E-state index contributed by atoms with van der Waals surface area (Å²) in [5.74, 6) is 0.389. The van der Waals surface area contributed by atoms with Crippen LogP contribution in [0.3, 0.4) is 0 Å². The number of carbonyl (C=O) groups excluding carboxylic acids is 1. The summed E-state index contributed by atoms with van der Waals surface area (Å²) in [6.07, 6.45) is 1.11. The predicted molar refractivity (Wildman–Crippen MR) is 109 cm³/mol. The van der Waals surface area contributed by atoms with Gasteiger partial charge in [0.15, 0.2) is 5.15 Å². The van der Waals surface area contributed by atoms with Gasteiger partial charge in [0.05, 0.1) is 18.8 Å². The molecule has 4 rings (SSSR count). The molecule has 1 aliphatic rings. The van der Waals surface area contributed by atoms with E-state index in [0.29, 0.717) is 36.6 Å². The monoisotopic (exact) mass is 419 g/mol. The Morgan fingerprint density at radius 3 is 2.79 bits per heavy atom. The number of rotatable bonds is 3. The van der Waals surface area contributed by atoms with E-state index in [2.05, 4.69) is 33.5 Å². The summed E-state index contributed by atoms with van der Waals surface area (Å²) in [7, 11) is 4.24. The molecular weight excluding hydrogens is 399 g/mol. The van der Waals surface area contributed by atoms with Gasteiger partial charge in [-0.1, -0.05) is 30.6 Å². The third kappa shape index (κ3) is 3.77. The van der Waals surface area contributed by atoms with Gasteiger partial charge in [-0.2, -0.15) is 14.6 Å². The molecule has 3 heterocycles. The number of aryl methyl sites for hydroxylation is 1. The third-order valence-electron chi connectivity index (χ3n) is 4.67.